The Hall–Kier alpha value is -0.460. The summed E-state index contributed by atoms with van der Waals surface area (Å²) in [4.78, 5) is 23.6. The lowest BCUT2D eigenvalue weighted by Crippen LogP contribution is -2.37. The van der Waals surface area contributed by atoms with Crippen LogP contribution in [0, 0.1) is 0 Å². The quantitative estimate of drug-likeness (QED) is 0.429. The van der Waals surface area contributed by atoms with Crippen LogP contribution in [-0.2, 0) is 13.9 Å². The lowest BCUT2D eigenvalue weighted by molar-refractivity contribution is -0.133. The summed E-state index contributed by atoms with van der Waals surface area (Å²) < 4.78 is 17.2. The molecule has 3 atom stereocenters. The van der Waals surface area contributed by atoms with Gasteiger partial charge in [-0.25, -0.2) is 0 Å². The predicted molar refractivity (Wildman–Crippen MR) is 84.6 cm³/mol. The number of hydrogen-bond acceptors (Lipinski definition) is 5. The third kappa shape index (κ3) is 5.63. The molecule has 1 aliphatic heterocycles. The highest BCUT2D eigenvalue weighted by atomic mass is 31.2. The van der Waals surface area contributed by atoms with Crippen LogP contribution in [0.2, 0.25) is 0 Å². The third-order valence-electron chi connectivity index (χ3n) is 3.95. The van der Waals surface area contributed by atoms with Crippen molar-refractivity contribution in [1.82, 2.24) is 4.90 Å². The summed E-state index contributed by atoms with van der Waals surface area (Å²) in [6.45, 7) is 3.97. The molecule has 1 rings (SSSR count). The minimum atomic E-state index is -3.67. The van der Waals surface area contributed by atoms with E-state index in [0.717, 1.165) is 19.3 Å². The summed E-state index contributed by atoms with van der Waals surface area (Å²) in [5.74, 6) is -0.0421. The van der Waals surface area contributed by atoms with Crippen LogP contribution in [0.15, 0.2) is 0 Å². The molecular weight excluding hydrogens is 307 g/mol. The Morgan fingerprint density at radius 1 is 1.41 bits per heavy atom. The van der Waals surface area contributed by atoms with Crippen molar-refractivity contribution in [3.63, 3.8) is 0 Å². The van der Waals surface area contributed by atoms with Gasteiger partial charge in [0.25, 0.3) is 0 Å². The Labute approximate surface area is 132 Å². The summed E-state index contributed by atoms with van der Waals surface area (Å²) in [5, 5.41) is 9.42. The van der Waals surface area contributed by atoms with Crippen LogP contribution in [0.5, 0.6) is 0 Å². The van der Waals surface area contributed by atoms with Crippen LogP contribution in [0.4, 0.5) is 0 Å². The smallest absolute Gasteiger partial charge is 0.330 e. The lowest BCUT2D eigenvalue weighted by atomic mass is 10.1. The first-order chi connectivity index (χ1) is 10.3. The second kappa shape index (κ2) is 8.99. The number of aliphatic hydroxyl groups excluding tert-OH is 1. The third-order valence-corrected chi connectivity index (χ3v) is 5.86. The minimum Gasteiger partial charge on any atom is -0.394 e. The fourth-order valence-corrected chi connectivity index (χ4v) is 3.33. The van der Waals surface area contributed by atoms with Crippen LogP contribution in [0.3, 0.4) is 0 Å². The van der Waals surface area contributed by atoms with Gasteiger partial charge in [-0.2, -0.15) is 0 Å². The molecule has 0 aromatic heterocycles. The number of carbonyl (C=O) groups is 1. The Balaban J connectivity index is 2.54. The standard InChI is InChI=1S/C14H29N2O5P/c1-11(2)22(19,20)21-13-8-12(10-17)16(9-13)14(18)6-4-3-5-7-15/h11-13,17H,3-10,15H2,1-2H3,(H,19,20)/t12-,13+/m0/s1. The summed E-state index contributed by atoms with van der Waals surface area (Å²) in [7, 11) is -3.67. The monoisotopic (exact) mass is 336 g/mol. The van der Waals surface area contributed by atoms with Gasteiger partial charge in [0.1, 0.15) is 0 Å². The van der Waals surface area contributed by atoms with Gasteiger partial charge in [0.2, 0.25) is 5.91 Å². The number of rotatable bonds is 9. The summed E-state index contributed by atoms with van der Waals surface area (Å²) in [5.41, 5.74) is 4.93. The van der Waals surface area contributed by atoms with E-state index < -0.39 is 19.4 Å². The van der Waals surface area contributed by atoms with Crippen molar-refractivity contribution in [2.75, 3.05) is 19.7 Å². The number of nitrogens with two attached hydrogens (primary N) is 1. The maximum absolute atomic E-state index is 12.2. The van der Waals surface area contributed by atoms with E-state index in [1.165, 1.54) is 0 Å². The van der Waals surface area contributed by atoms with E-state index in [9.17, 15) is 19.4 Å². The van der Waals surface area contributed by atoms with E-state index in [0.29, 0.717) is 19.4 Å². The first-order valence-corrected chi connectivity index (χ1v) is 9.57. The summed E-state index contributed by atoms with van der Waals surface area (Å²) >= 11 is 0. The van der Waals surface area contributed by atoms with Crippen molar-refractivity contribution >= 4 is 13.5 Å². The van der Waals surface area contributed by atoms with Crippen LogP contribution in [0.25, 0.3) is 0 Å². The molecule has 22 heavy (non-hydrogen) atoms. The zero-order valence-electron chi connectivity index (χ0n) is 13.5. The Kier molecular flexibility index (Phi) is 8.00. The van der Waals surface area contributed by atoms with E-state index in [4.69, 9.17) is 10.3 Å². The number of carbonyl (C=O) groups excluding carboxylic acids is 1. The van der Waals surface area contributed by atoms with Crippen molar-refractivity contribution in [2.45, 2.75) is 63.8 Å². The molecule has 7 nitrogen and oxygen atoms in total. The molecule has 0 aliphatic carbocycles. The molecule has 1 amide bonds. The van der Waals surface area contributed by atoms with Gasteiger partial charge in [0.05, 0.1) is 24.4 Å². The number of likely N-dealkylation sites (tertiary alicyclic amines) is 1. The SMILES string of the molecule is CC(C)P(=O)(O)O[C@@H]1C[C@@H](CO)N(C(=O)CCCCCN)C1. The molecule has 1 fully saturated rings. The first kappa shape index (κ1) is 19.6. The average Bonchev–Trinajstić information content (AvgIpc) is 2.85. The second-order valence-electron chi connectivity index (χ2n) is 6.10. The molecule has 130 valence electrons. The molecule has 4 N–H and O–H groups in total. The fraction of sp³-hybridized carbons (Fsp3) is 0.929. The van der Waals surface area contributed by atoms with Crippen LogP contribution in [-0.4, -0.2) is 58.3 Å². The average molecular weight is 336 g/mol. The molecule has 0 bridgehead atoms. The van der Waals surface area contributed by atoms with Crippen LogP contribution in [0.1, 0.15) is 46.0 Å². The van der Waals surface area contributed by atoms with E-state index in [1.54, 1.807) is 18.7 Å². The summed E-state index contributed by atoms with van der Waals surface area (Å²) in [6, 6.07) is -0.334. The fourth-order valence-electron chi connectivity index (χ4n) is 2.50. The first-order valence-electron chi connectivity index (χ1n) is 7.93. The van der Waals surface area contributed by atoms with Gasteiger partial charge in [0.15, 0.2) is 0 Å². The predicted octanol–water partition coefficient (Wildman–Crippen LogP) is 1.08. The van der Waals surface area contributed by atoms with E-state index >= 15 is 0 Å². The van der Waals surface area contributed by atoms with Gasteiger partial charge < -0.3 is 25.2 Å². The topological polar surface area (TPSA) is 113 Å². The van der Waals surface area contributed by atoms with E-state index in [-0.39, 0.29) is 25.1 Å². The van der Waals surface area contributed by atoms with Gasteiger partial charge in [0, 0.05) is 13.0 Å². The molecule has 8 heteroatoms. The second-order valence-corrected chi connectivity index (χ2v) is 8.47. The Morgan fingerprint density at radius 2 is 2.09 bits per heavy atom. The summed E-state index contributed by atoms with van der Waals surface area (Å²) in [6.07, 6.45) is 2.86. The van der Waals surface area contributed by atoms with Gasteiger partial charge in [-0.3, -0.25) is 9.36 Å². The highest BCUT2D eigenvalue weighted by Gasteiger charge is 2.39. The molecule has 0 spiro atoms. The number of nitrogens with zero attached hydrogens (tertiary/aromatic N) is 1. The van der Waals surface area contributed by atoms with Crippen LogP contribution < -0.4 is 5.73 Å². The minimum absolute atomic E-state index is 0.0421. The van der Waals surface area contributed by atoms with Gasteiger partial charge in [-0.05, 0) is 25.8 Å². The van der Waals surface area contributed by atoms with Gasteiger partial charge in [-0.1, -0.05) is 20.3 Å². The number of hydrogen-bond donors (Lipinski definition) is 3. The van der Waals surface area contributed by atoms with Gasteiger partial charge >= 0.3 is 7.60 Å². The number of amides is 1. The molecule has 0 aromatic rings. The van der Waals surface area contributed by atoms with Gasteiger partial charge in [-0.15, -0.1) is 0 Å². The Morgan fingerprint density at radius 3 is 2.64 bits per heavy atom. The molecule has 1 heterocycles. The zero-order valence-corrected chi connectivity index (χ0v) is 14.4. The largest absolute Gasteiger partial charge is 0.394 e. The molecule has 1 unspecified atom stereocenters. The van der Waals surface area contributed by atoms with Crippen molar-refractivity contribution < 1.29 is 23.9 Å². The normalized spacial score (nSPS) is 24.7. The molecule has 1 saturated heterocycles. The zero-order chi connectivity index (χ0) is 16.8. The maximum atomic E-state index is 12.2. The lowest BCUT2D eigenvalue weighted by Gasteiger charge is -2.23. The maximum Gasteiger partial charge on any atom is 0.330 e. The van der Waals surface area contributed by atoms with Crippen molar-refractivity contribution in [2.24, 2.45) is 5.73 Å². The van der Waals surface area contributed by atoms with Crippen LogP contribution >= 0.6 is 7.60 Å². The van der Waals surface area contributed by atoms with E-state index in [2.05, 4.69) is 0 Å². The van der Waals surface area contributed by atoms with Crippen molar-refractivity contribution in [1.29, 1.82) is 0 Å². The molecule has 0 radical (unpaired) electrons. The number of aliphatic hydroxyl groups is 1. The highest BCUT2D eigenvalue weighted by Crippen LogP contribution is 2.49. The number of unbranched alkanes of at least 4 members (excludes halogenated alkanes) is 2. The van der Waals surface area contributed by atoms with E-state index in [1.807, 2.05) is 0 Å². The molecular formula is C14H29N2O5P. The Bertz CT molecular complexity index is 405. The molecule has 1 aliphatic rings. The highest BCUT2D eigenvalue weighted by molar-refractivity contribution is 7.53. The van der Waals surface area contributed by atoms with Crippen molar-refractivity contribution in [3.05, 3.63) is 0 Å². The molecule has 0 aromatic carbocycles. The molecule has 0 saturated carbocycles. The van der Waals surface area contributed by atoms with Crippen molar-refractivity contribution in [3.8, 4) is 0 Å².